The van der Waals surface area contributed by atoms with Crippen molar-refractivity contribution in [1.29, 1.82) is 0 Å². The van der Waals surface area contributed by atoms with Crippen molar-refractivity contribution in [1.82, 2.24) is 9.62 Å². The first kappa shape index (κ1) is 28.1. The fraction of sp³-hybridized carbons (Fsp3) is 0.417. The molecule has 37 heavy (non-hydrogen) atoms. The predicted molar refractivity (Wildman–Crippen MR) is 133 cm³/mol. The van der Waals surface area contributed by atoms with Gasteiger partial charge in [0.15, 0.2) is 16.5 Å². The molecule has 1 aromatic carbocycles. The Balaban J connectivity index is 2.16. The van der Waals surface area contributed by atoms with E-state index in [-0.39, 0.29) is 23.1 Å². The number of anilines is 1. The molecule has 9 nitrogen and oxygen atoms in total. The molecule has 2 aromatic rings. The van der Waals surface area contributed by atoms with Gasteiger partial charge in [-0.15, -0.1) is 0 Å². The third-order valence-electron chi connectivity index (χ3n) is 5.64. The molecule has 1 amide bonds. The smallest absolute Gasteiger partial charge is 0.431 e. The molecule has 1 aliphatic rings. The summed E-state index contributed by atoms with van der Waals surface area (Å²) in [6, 6.07) is 4.76. The summed E-state index contributed by atoms with van der Waals surface area (Å²) in [5.41, 5.74) is -0.820. The summed E-state index contributed by atoms with van der Waals surface area (Å²) in [5, 5.41) is 13.0. The Morgan fingerprint density at radius 2 is 1.89 bits per heavy atom. The minimum absolute atomic E-state index is 0.187. The number of benzene rings is 1. The maximum absolute atomic E-state index is 14.0. The van der Waals surface area contributed by atoms with Gasteiger partial charge < -0.3 is 19.7 Å². The van der Waals surface area contributed by atoms with Crippen LogP contribution in [0.4, 0.5) is 18.9 Å². The second kappa shape index (κ2) is 9.77. The summed E-state index contributed by atoms with van der Waals surface area (Å²) in [4.78, 5) is 15.9. The fourth-order valence-electron chi connectivity index (χ4n) is 3.60. The van der Waals surface area contributed by atoms with Crippen molar-refractivity contribution in [2.45, 2.75) is 51.7 Å². The van der Waals surface area contributed by atoms with Gasteiger partial charge in [-0.1, -0.05) is 33.8 Å². The first-order chi connectivity index (χ1) is 17.0. The Morgan fingerprint density at radius 3 is 2.41 bits per heavy atom. The maximum atomic E-state index is 14.0. The van der Waals surface area contributed by atoms with E-state index in [1.165, 1.54) is 43.5 Å². The molecule has 202 valence electrons. The molecule has 0 bridgehead atoms. The van der Waals surface area contributed by atoms with Gasteiger partial charge in [0.2, 0.25) is 0 Å². The van der Waals surface area contributed by atoms with E-state index in [0.717, 1.165) is 5.56 Å². The first-order valence-electron chi connectivity index (χ1n) is 11.3. The first-order valence-corrected chi connectivity index (χ1v) is 12.8. The third-order valence-corrected chi connectivity index (χ3v) is 7.07. The van der Waals surface area contributed by atoms with Crippen LogP contribution in [0.2, 0.25) is 0 Å². The highest BCUT2D eigenvalue weighted by atomic mass is 32.2. The molecule has 3 N–H and O–H groups in total. The Labute approximate surface area is 213 Å². The van der Waals surface area contributed by atoms with E-state index in [4.69, 9.17) is 4.42 Å². The molecule has 0 aliphatic carbocycles. The molecule has 0 spiro atoms. The molecule has 0 radical (unpaired) electrons. The highest BCUT2D eigenvalue weighted by molar-refractivity contribution is 7.94. The second-order valence-electron chi connectivity index (χ2n) is 9.72. The molecule has 0 saturated carbocycles. The SMILES string of the molecule is CC[C@@H](N=C1NS(=O)(=O)C(C(F)(F)F)=C1Nc1cccc(C(=O)N(C)C)c1O)c1cc(C(C)(C)C)co1. The summed E-state index contributed by atoms with van der Waals surface area (Å²) < 4.78 is 74.5. The van der Waals surface area contributed by atoms with E-state index < -0.39 is 50.3 Å². The number of phenolic OH excluding ortho intramolecular Hbond substituents is 1. The van der Waals surface area contributed by atoms with Gasteiger partial charge >= 0.3 is 6.18 Å². The fourth-order valence-corrected chi connectivity index (χ4v) is 4.83. The van der Waals surface area contributed by atoms with Crippen LogP contribution in [0.15, 0.2) is 50.5 Å². The minimum atomic E-state index is -5.29. The average Bonchev–Trinajstić information content (AvgIpc) is 3.35. The zero-order valence-corrected chi connectivity index (χ0v) is 22.0. The zero-order valence-electron chi connectivity index (χ0n) is 21.2. The molecule has 1 atom stereocenters. The molecule has 13 heteroatoms. The average molecular weight is 543 g/mol. The predicted octanol–water partition coefficient (Wildman–Crippen LogP) is 4.65. The van der Waals surface area contributed by atoms with Gasteiger partial charge in [0.1, 0.15) is 17.5 Å². The molecule has 3 rings (SSSR count). The lowest BCUT2D eigenvalue weighted by Gasteiger charge is -2.17. The van der Waals surface area contributed by atoms with Gasteiger partial charge in [0.25, 0.3) is 15.9 Å². The number of sulfonamides is 1. The number of aliphatic imine (C=N–C) groups is 1. The van der Waals surface area contributed by atoms with E-state index >= 15 is 0 Å². The Bertz CT molecular complexity index is 1370. The van der Waals surface area contributed by atoms with Crippen LogP contribution in [0.25, 0.3) is 0 Å². The lowest BCUT2D eigenvalue weighted by atomic mass is 9.89. The lowest BCUT2D eigenvalue weighted by Crippen LogP contribution is -2.28. The molecular weight excluding hydrogens is 513 g/mol. The van der Waals surface area contributed by atoms with Crippen molar-refractivity contribution in [2.24, 2.45) is 4.99 Å². The molecule has 2 heterocycles. The van der Waals surface area contributed by atoms with Crippen molar-refractivity contribution in [2.75, 3.05) is 19.4 Å². The van der Waals surface area contributed by atoms with Crippen LogP contribution in [0, 0.1) is 0 Å². The van der Waals surface area contributed by atoms with Crippen LogP contribution in [0.5, 0.6) is 5.75 Å². The number of phenols is 1. The van der Waals surface area contributed by atoms with Crippen molar-refractivity contribution in [3.05, 3.63) is 58.0 Å². The maximum Gasteiger partial charge on any atom is 0.431 e. The standard InChI is InChI=1S/C24H29F3N4O5S/c1-7-15(17-11-13(12-36-17)23(2,3)4)29-21-18(20(24(25,26)27)37(34,35)30-21)28-16-10-8-9-14(19(16)32)22(33)31(5)6/h8-12,15,28,32H,7H2,1-6H3,(H,29,30)/t15-/m1/s1. The number of nitrogens with one attached hydrogen (secondary N) is 2. The van der Waals surface area contributed by atoms with Gasteiger partial charge in [0.05, 0.1) is 17.5 Å². The van der Waals surface area contributed by atoms with E-state index in [9.17, 15) is 31.5 Å². The van der Waals surface area contributed by atoms with Crippen molar-refractivity contribution < 1.29 is 35.9 Å². The molecule has 0 unspecified atom stereocenters. The number of hydrogen-bond donors (Lipinski definition) is 3. The number of amides is 1. The summed E-state index contributed by atoms with van der Waals surface area (Å²) in [6.45, 7) is 7.60. The molecule has 1 aromatic heterocycles. The number of halogens is 3. The van der Waals surface area contributed by atoms with Gasteiger partial charge in [0, 0.05) is 14.1 Å². The summed E-state index contributed by atoms with van der Waals surface area (Å²) >= 11 is 0. The number of para-hydroxylation sites is 1. The topological polar surface area (TPSA) is 124 Å². The Kier molecular flexibility index (Phi) is 7.42. The van der Waals surface area contributed by atoms with E-state index in [2.05, 4.69) is 10.3 Å². The number of amidine groups is 1. The number of rotatable bonds is 6. The third kappa shape index (κ3) is 5.76. The monoisotopic (exact) mass is 542 g/mol. The zero-order chi connectivity index (χ0) is 27.9. The minimum Gasteiger partial charge on any atom is -0.505 e. The summed E-state index contributed by atoms with van der Waals surface area (Å²) in [6.07, 6.45) is -3.47. The highest BCUT2D eigenvalue weighted by Gasteiger charge is 2.51. The number of furan rings is 1. The van der Waals surface area contributed by atoms with Crippen LogP contribution in [0.1, 0.15) is 61.8 Å². The second-order valence-corrected chi connectivity index (χ2v) is 11.3. The lowest BCUT2D eigenvalue weighted by molar-refractivity contribution is -0.0847. The van der Waals surface area contributed by atoms with Crippen LogP contribution < -0.4 is 10.0 Å². The highest BCUT2D eigenvalue weighted by Crippen LogP contribution is 2.39. The number of carbonyl (C=O) groups is 1. The molecule has 1 aliphatic heterocycles. The van der Waals surface area contributed by atoms with Crippen molar-refractivity contribution >= 4 is 27.5 Å². The number of carbonyl (C=O) groups excluding carboxylic acids is 1. The summed E-state index contributed by atoms with van der Waals surface area (Å²) in [7, 11) is -2.17. The largest absolute Gasteiger partial charge is 0.505 e. The number of hydrogen-bond acceptors (Lipinski definition) is 7. The van der Waals surface area contributed by atoms with Gasteiger partial charge in [-0.3, -0.25) is 14.5 Å². The van der Waals surface area contributed by atoms with E-state index in [0.29, 0.717) is 5.76 Å². The molecule has 0 saturated heterocycles. The van der Waals surface area contributed by atoms with Gasteiger partial charge in [-0.05, 0) is 35.6 Å². The normalized spacial score (nSPS) is 17.6. The molecular formula is C24H29F3N4O5S. The van der Waals surface area contributed by atoms with E-state index in [1.54, 1.807) is 13.0 Å². The number of alkyl halides is 3. The van der Waals surface area contributed by atoms with Crippen LogP contribution >= 0.6 is 0 Å². The van der Waals surface area contributed by atoms with Crippen molar-refractivity contribution in [3.63, 3.8) is 0 Å². The van der Waals surface area contributed by atoms with Gasteiger partial charge in [-0.25, -0.2) is 8.42 Å². The van der Waals surface area contributed by atoms with Gasteiger partial charge in [-0.2, -0.15) is 13.2 Å². The van der Waals surface area contributed by atoms with E-state index in [1.807, 2.05) is 25.5 Å². The molecule has 0 fully saturated rings. The Hall–Kier alpha value is -3.48. The number of allylic oxidation sites excluding steroid dienone is 1. The quantitative estimate of drug-likeness (QED) is 0.457. The van der Waals surface area contributed by atoms with Crippen LogP contribution in [-0.2, 0) is 15.4 Å². The van der Waals surface area contributed by atoms with Crippen molar-refractivity contribution in [3.8, 4) is 5.75 Å². The Morgan fingerprint density at radius 1 is 1.24 bits per heavy atom. The summed E-state index contributed by atoms with van der Waals surface area (Å²) in [5.74, 6) is -1.50. The van der Waals surface area contributed by atoms with Crippen LogP contribution in [0.3, 0.4) is 0 Å². The number of aromatic hydroxyl groups is 1. The number of nitrogens with zero attached hydrogens (tertiary/aromatic N) is 2. The van der Waals surface area contributed by atoms with Crippen LogP contribution in [-0.4, -0.2) is 50.4 Å².